The minimum Gasteiger partial charge on any atom is -0.457 e. The molecule has 0 fully saturated rings. The minimum absolute atomic E-state index is 0.0478. The van der Waals surface area contributed by atoms with Gasteiger partial charge in [-0.25, -0.2) is 22.3 Å². The number of urea groups is 1. The standard InChI is InChI=1S/C29H28FN3O4S/c1-22-12-18-26(19-13-22)38(35,36)31-20-7-21-33(29(34)32-28-11-6-5-10-27(28)30)23-14-16-25(17-15-23)37-24-8-3-2-4-9-24/h2-6,8-19,31H,7,20-21H2,1H3,(H,32,34). The summed E-state index contributed by atoms with van der Waals surface area (Å²) in [5.74, 6) is 0.703. The van der Waals surface area contributed by atoms with Crippen LogP contribution in [-0.2, 0) is 10.0 Å². The Balaban J connectivity index is 1.45. The van der Waals surface area contributed by atoms with Gasteiger partial charge in [-0.15, -0.1) is 0 Å². The Hall–Kier alpha value is -4.21. The number of ether oxygens (including phenoxy) is 1. The molecule has 0 aliphatic rings. The first-order chi connectivity index (χ1) is 18.3. The van der Waals surface area contributed by atoms with E-state index in [1.807, 2.05) is 37.3 Å². The number of halogens is 1. The molecule has 4 rings (SSSR count). The lowest BCUT2D eigenvalue weighted by atomic mass is 10.2. The van der Waals surface area contributed by atoms with Gasteiger partial charge in [-0.1, -0.05) is 48.0 Å². The lowest BCUT2D eigenvalue weighted by Gasteiger charge is -2.24. The maximum absolute atomic E-state index is 14.2. The summed E-state index contributed by atoms with van der Waals surface area (Å²) in [5.41, 5.74) is 1.55. The van der Waals surface area contributed by atoms with Crippen molar-refractivity contribution >= 4 is 27.4 Å². The van der Waals surface area contributed by atoms with Crippen LogP contribution in [0.4, 0.5) is 20.6 Å². The molecule has 0 saturated heterocycles. The number of sulfonamides is 1. The Kier molecular flexibility index (Phi) is 8.73. The van der Waals surface area contributed by atoms with Gasteiger partial charge in [0.2, 0.25) is 10.0 Å². The summed E-state index contributed by atoms with van der Waals surface area (Å²) in [6.07, 6.45) is 0.318. The smallest absolute Gasteiger partial charge is 0.326 e. The number of nitrogens with one attached hydrogen (secondary N) is 2. The highest BCUT2D eigenvalue weighted by Gasteiger charge is 2.19. The second-order valence-electron chi connectivity index (χ2n) is 8.54. The van der Waals surface area contributed by atoms with E-state index in [2.05, 4.69) is 10.0 Å². The van der Waals surface area contributed by atoms with Crippen molar-refractivity contribution in [2.75, 3.05) is 23.3 Å². The number of nitrogens with zero attached hydrogens (tertiary/aromatic N) is 1. The van der Waals surface area contributed by atoms with Gasteiger partial charge in [0.1, 0.15) is 17.3 Å². The molecule has 196 valence electrons. The van der Waals surface area contributed by atoms with Crippen molar-refractivity contribution in [3.63, 3.8) is 0 Å². The molecule has 9 heteroatoms. The quantitative estimate of drug-likeness (QED) is 0.233. The van der Waals surface area contributed by atoms with Gasteiger partial charge in [-0.2, -0.15) is 0 Å². The molecular formula is C29H28FN3O4S. The van der Waals surface area contributed by atoms with Crippen molar-refractivity contribution in [3.05, 3.63) is 115 Å². The number of para-hydroxylation sites is 2. The van der Waals surface area contributed by atoms with E-state index in [-0.39, 0.29) is 23.7 Å². The molecular weight excluding hydrogens is 505 g/mol. The second kappa shape index (κ2) is 12.4. The number of carbonyl (C=O) groups is 1. The van der Waals surface area contributed by atoms with Crippen molar-refractivity contribution in [2.24, 2.45) is 0 Å². The maximum Gasteiger partial charge on any atom is 0.326 e. The van der Waals surface area contributed by atoms with Gasteiger partial charge in [0.25, 0.3) is 0 Å². The molecule has 4 aromatic rings. The second-order valence-corrected chi connectivity index (χ2v) is 10.3. The Labute approximate surface area is 221 Å². The molecule has 0 spiro atoms. The molecule has 0 radical (unpaired) electrons. The first-order valence-electron chi connectivity index (χ1n) is 12.0. The third kappa shape index (κ3) is 7.18. The highest BCUT2D eigenvalue weighted by molar-refractivity contribution is 7.89. The molecule has 0 heterocycles. The molecule has 0 saturated carbocycles. The lowest BCUT2D eigenvalue weighted by molar-refractivity contribution is 0.256. The Morgan fingerprint density at radius 3 is 2.16 bits per heavy atom. The number of carbonyl (C=O) groups excluding carboxylic acids is 1. The molecule has 0 atom stereocenters. The zero-order valence-electron chi connectivity index (χ0n) is 20.8. The number of aryl methyl sites for hydroxylation is 1. The summed E-state index contributed by atoms with van der Waals surface area (Å²) in [6, 6.07) is 28.1. The summed E-state index contributed by atoms with van der Waals surface area (Å²) in [4.78, 5) is 14.8. The van der Waals surface area contributed by atoms with Crippen molar-refractivity contribution in [1.29, 1.82) is 0 Å². The van der Waals surface area contributed by atoms with Crippen LogP contribution in [0.1, 0.15) is 12.0 Å². The van der Waals surface area contributed by atoms with E-state index >= 15 is 0 Å². The highest BCUT2D eigenvalue weighted by atomic mass is 32.2. The molecule has 0 unspecified atom stereocenters. The van der Waals surface area contributed by atoms with Crippen LogP contribution in [-0.4, -0.2) is 27.5 Å². The fourth-order valence-corrected chi connectivity index (χ4v) is 4.73. The van der Waals surface area contributed by atoms with Crippen LogP contribution in [0.25, 0.3) is 0 Å². The van der Waals surface area contributed by atoms with Crippen molar-refractivity contribution in [3.8, 4) is 11.5 Å². The van der Waals surface area contributed by atoms with Gasteiger partial charge in [0.15, 0.2) is 0 Å². The SMILES string of the molecule is Cc1ccc(S(=O)(=O)NCCCN(C(=O)Nc2ccccc2F)c2ccc(Oc3ccccc3)cc2)cc1. The fraction of sp³-hybridized carbons (Fsp3) is 0.138. The number of rotatable bonds is 10. The molecule has 2 amide bonds. The molecule has 0 aromatic heterocycles. The Morgan fingerprint density at radius 1 is 0.842 bits per heavy atom. The molecule has 7 nitrogen and oxygen atoms in total. The Bertz CT molecular complexity index is 1460. The fourth-order valence-electron chi connectivity index (χ4n) is 3.66. The van der Waals surface area contributed by atoms with Crippen LogP contribution in [0.3, 0.4) is 0 Å². The average Bonchev–Trinajstić information content (AvgIpc) is 2.91. The van der Waals surface area contributed by atoms with Crippen LogP contribution < -0.4 is 19.7 Å². The number of hydrogen-bond donors (Lipinski definition) is 2. The highest BCUT2D eigenvalue weighted by Crippen LogP contribution is 2.25. The van der Waals surface area contributed by atoms with E-state index in [4.69, 9.17) is 4.74 Å². The predicted molar refractivity (Wildman–Crippen MR) is 147 cm³/mol. The number of amides is 2. The topological polar surface area (TPSA) is 87.7 Å². The zero-order valence-corrected chi connectivity index (χ0v) is 21.6. The summed E-state index contributed by atoms with van der Waals surface area (Å²) < 4.78 is 47.8. The van der Waals surface area contributed by atoms with Crippen molar-refractivity contribution < 1.29 is 22.3 Å². The largest absolute Gasteiger partial charge is 0.457 e. The van der Waals surface area contributed by atoms with Gasteiger partial charge in [0.05, 0.1) is 10.6 Å². The van der Waals surface area contributed by atoms with Crippen LogP contribution in [0.15, 0.2) is 108 Å². The van der Waals surface area contributed by atoms with Gasteiger partial charge >= 0.3 is 6.03 Å². The average molecular weight is 534 g/mol. The summed E-state index contributed by atoms with van der Waals surface area (Å²) in [6.45, 7) is 2.16. The van der Waals surface area contributed by atoms with Crippen LogP contribution in [0.5, 0.6) is 11.5 Å². The molecule has 2 N–H and O–H groups in total. The minimum atomic E-state index is -3.68. The maximum atomic E-state index is 14.2. The summed E-state index contributed by atoms with van der Waals surface area (Å²) in [5, 5.41) is 2.59. The van der Waals surface area contributed by atoms with Crippen molar-refractivity contribution in [2.45, 2.75) is 18.2 Å². The van der Waals surface area contributed by atoms with E-state index in [9.17, 15) is 17.6 Å². The van der Waals surface area contributed by atoms with Gasteiger partial charge in [-0.05, 0) is 74.0 Å². The van der Waals surface area contributed by atoms with Crippen molar-refractivity contribution in [1.82, 2.24) is 4.72 Å². The first-order valence-corrected chi connectivity index (χ1v) is 13.5. The zero-order chi connectivity index (χ0) is 27.0. The normalized spacial score (nSPS) is 11.1. The van der Waals surface area contributed by atoms with Crippen LogP contribution in [0.2, 0.25) is 0 Å². The summed E-state index contributed by atoms with van der Waals surface area (Å²) in [7, 11) is -3.68. The third-order valence-corrected chi connectivity index (χ3v) is 7.15. The summed E-state index contributed by atoms with van der Waals surface area (Å²) >= 11 is 0. The van der Waals surface area contributed by atoms with E-state index < -0.39 is 21.9 Å². The number of hydrogen-bond acceptors (Lipinski definition) is 4. The van der Waals surface area contributed by atoms with Gasteiger partial charge < -0.3 is 10.1 Å². The first kappa shape index (κ1) is 26.8. The number of benzene rings is 4. The molecule has 0 aliphatic carbocycles. The third-order valence-electron chi connectivity index (χ3n) is 5.67. The van der Waals surface area contributed by atoms with E-state index in [0.29, 0.717) is 23.6 Å². The van der Waals surface area contributed by atoms with E-state index in [1.54, 1.807) is 54.6 Å². The molecule has 4 aromatic carbocycles. The molecule has 0 bridgehead atoms. The van der Waals surface area contributed by atoms with Crippen LogP contribution in [0, 0.1) is 12.7 Å². The number of anilines is 2. The van der Waals surface area contributed by atoms with E-state index in [0.717, 1.165) is 5.56 Å². The Morgan fingerprint density at radius 2 is 1.47 bits per heavy atom. The molecule has 0 aliphatic heterocycles. The van der Waals surface area contributed by atoms with Crippen LogP contribution >= 0.6 is 0 Å². The van der Waals surface area contributed by atoms with Gasteiger partial charge in [-0.3, -0.25) is 4.90 Å². The lowest BCUT2D eigenvalue weighted by Crippen LogP contribution is -2.37. The van der Waals surface area contributed by atoms with E-state index in [1.165, 1.54) is 23.1 Å². The monoisotopic (exact) mass is 533 g/mol. The molecule has 38 heavy (non-hydrogen) atoms. The predicted octanol–water partition coefficient (Wildman–Crippen LogP) is 6.33. The van der Waals surface area contributed by atoms with Gasteiger partial charge in [0, 0.05) is 18.8 Å².